The summed E-state index contributed by atoms with van der Waals surface area (Å²) in [4.78, 5) is 21.5. The van der Waals surface area contributed by atoms with E-state index in [1.807, 2.05) is 13.8 Å². The normalized spacial score (nSPS) is 14.1. The van der Waals surface area contributed by atoms with E-state index in [0.717, 1.165) is 6.42 Å². The number of carbonyl (C=O) groups is 2. The first-order chi connectivity index (χ1) is 7.45. The standard InChI is InChI=1S/C10H19NO4S/c1-3-8(2)11-9(12)7-16(15)6-4-5-10(13)14/h8H,3-7H2,1-2H3,(H,11,12)(H,13,14). The molecule has 0 aliphatic carbocycles. The molecule has 0 bridgehead atoms. The number of carbonyl (C=O) groups excluding carboxylic acids is 1. The summed E-state index contributed by atoms with van der Waals surface area (Å²) in [6.45, 7) is 3.83. The van der Waals surface area contributed by atoms with Crippen molar-refractivity contribution in [1.29, 1.82) is 0 Å². The van der Waals surface area contributed by atoms with Crippen LogP contribution in [0.2, 0.25) is 0 Å². The molecule has 2 atom stereocenters. The molecule has 0 heterocycles. The zero-order valence-corrected chi connectivity index (χ0v) is 10.5. The van der Waals surface area contributed by atoms with E-state index in [2.05, 4.69) is 5.32 Å². The van der Waals surface area contributed by atoms with Crippen molar-refractivity contribution in [2.24, 2.45) is 0 Å². The summed E-state index contributed by atoms with van der Waals surface area (Å²) in [5.74, 6) is -0.909. The summed E-state index contributed by atoms with van der Waals surface area (Å²) >= 11 is 0. The third kappa shape index (κ3) is 8.40. The average Bonchev–Trinajstić information content (AvgIpc) is 2.16. The molecular weight excluding hydrogens is 230 g/mol. The van der Waals surface area contributed by atoms with Gasteiger partial charge in [-0.2, -0.15) is 0 Å². The number of nitrogens with one attached hydrogen (secondary N) is 1. The summed E-state index contributed by atoms with van der Waals surface area (Å²) < 4.78 is 11.4. The number of hydrogen-bond donors (Lipinski definition) is 2. The molecule has 2 unspecified atom stereocenters. The monoisotopic (exact) mass is 249 g/mol. The molecule has 0 radical (unpaired) electrons. The smallest absolute Gasteiger partial charge is 0.303 e. The van der Waals surface area contributed by atoms with Crippen LogP contribution in [0.15, 0.2) is 0 Å². The molecule has 0 spiro atoms. The number of rotatable bonds is 8. The van der Waals surface area contributed by atoms with Crippen LogP contribution in [0.5, 0.6) is 0 Å². The van der Waals surface area contributed by atoms with E-state index < -0.39 is 16.8 Å². The van der Waals surface area contributed by atoms with E-state index in [4.69, 9.17) is 5.11 Å². The van der Waals surface area contributed by atoms with E-state index in [1.54, 1.807) is 0 Å². The van der Waals surface area contributed by atoms with Crippen molar-refractivity contribution in [2.75, 3.05) is 11.5 Å². The van der Waals surface area contributed by atoms with Crippen LogP contribution in [0.25, 0.3) is 0 Å². The maximum atomic E-state index is 11.4. The van der Waals surface area contributed by atoms with E-state index in [9.17, 15) is 13.8 Å². The summed E-state index contributed by atoms with van der Waals surface area (Å²) in [7, 11) is -1.26. The van der Waals surface area contributed by atoms with Crippen molar-refractivity contribution >= 4 is 22.7 Å². The second-order valence-corrected chi connectivity index (χ2v) is 5.24. The fourth-order valence-corrected chi connectivity index (χ4v) is 2.01. The minimum absolute atomic E-state index is 0.00127. The lowest BCUT2D eigenvalue weighted by molar-refractivity contribution is -0.137. The molecule has 0 aliphatic heterocycles. The largest absolute Gasteiger partial charge is 0.481 e. The van der Waals surface area contributed by atoms with Crippen LogP contribution in [-0.4, -0.2) is 38.7 Å². The van der Waals surface area contributed by atoms with Gasteiger partial charge in [0.25, 0.3) is 0 Å². The van der Waals surface area contributed by atoms with Crippen LogP contribution in [0.3, 0.4) is 0 Å². The van der Waals surface area contributed by atoms with Gasteiger partial charge >= 0.3 is 5.97 Å². The van der Waals surface area contributed by atoms with Crippen LogP contribution >= 0.6 is 0 Å². The van der Waals surface area contributed by atoms with Gasteiger partial charge < -0.3 is 10.4 Å². The maximum Gasteiger partial charge on any atom is 0.303 e. The van der Waals surface area contributed by atoms with Gasteiger partial charge in [0.1, 0.15) is 5.75 Å². The molecule has 2 N–H and O–H groups in total. The van der Waals surface area contributed by atoms with E-state index >= 15 is 0 Å². The average molecular weight is 249 g/mol. The number of hydrogen-bond acceptors (Lipinski definition) is 3. The lowest BCUT2D eigenvalue weighted by atomic mass is 10.3. The number of aliphatic carboxylic acids is 1. The fraction of sp³-hybridized carbons (Fsp3) is 0.800. The van der Waals surface area contributed by atoms with Gasteiger partial charge in [0, 0.05) is 29.0 Å². The number of amides is 1. The van der Waals surface area contributed by atoms with Gasteiger partial charge in [0.2, 0.25) is 5.91 Å². The van der Waals surface area contributed by atoms with Gasteiger partial charge in [0.15, 0.2) is 0 Å². The molecule has 16 heavy (non-hydrogen) atoms. The van der Waals surface area contributed by atoms with Crippen molar-refractivity contribution in [3.05, 3.63) is 0 Å². The molecule has 0 aromatic carbocycles. The van der Waals surface area contributed by atoms with Gasteiger partial charge in [-0.3, -0.25) is 13.8 Å². The van der Waals surface area contributed by atoms with Crippen LogP contribution in [0, 0.1) is 0 Å². The molecular formula is C10H19NO4S. The Balaban J connectivity index is 3.70. The molecule has 0 saturated heterocycles. The first-order valence-corrected chi connectivity index (χ1v) is 6.80. The highest BCUT2D eigenvalue weighted by Gasteiger charge is 2.10. The molecule has 0 aromatic heterocycles. The zero-order valence-electron chi connectivity index (χ0n) is 9.69. The molecule has 94 valence electrons. The summed E-state index contributed by atoms with van der Waals surface area (Å²) in [6, 6.07) is 0.0866. The Morgan fingerprint density at radius 1 is 1.44 bits per heavy atom. The van der Waals surface area contributed by atoms with Gasteiger partial charge in [-0.15, -0.1) is 0 Å². The number of carboxylic acids is 1. The summed E-state index contributed by atoms with van der Waals surface area (Å²) in [5, 5.41) is 11.1. The second-order valence-electron chi connectivity index (χ2n) is 3.66. The molecule has 0 fully saturated rings. The van der Waals surface area contributed by atoms with Crippen molar-refractivity contribution in [1.82, 2.24) is 5.32 Å². The van der Waals surface area contributed by atoms with Crippen LogP contribution in [0.1, 0.15) is 33.1 Å². The Morgan fingerprint density at radius 3 is 2.56 bits per heavy atom. The SMILES string of the molecule is CCC(C)NC(=O)CS(=O)CCCC(=O)O. The quantitative estimate of drug-likeness (QED) is 0.656. The lowest BCUT2D eigenvalue weighted by Crippen LogP contribution is -2.35. The summed E-state index contributed by atoms with van der Waals surface area (Å²) in [5.41, 5.74) is 0. The van der Waals surface area contributed by atoms with Crippen molar-refractivity contribution in [3.8, 4) is 0 Å². The van der Waals surface area contributed by atoms with Crippen molar-refractivity contribution in [3.63, 3.8) is 0 Å². The first-order valence-electron chi connectivity index (χ1n) is 5.31. The Morgan fingerprint density at radius 2 is 2.06 bits per heavy atom. The third-order valence-electron chi connectivity index (χ3n) is 2.07. The molecule has 0 aromatic rings. The Bertz CT molecular complexity index is 268. The lowest BCUT2D eigenvalue weighted by Gasteiger charge is -2.10. The van der Waals surface area contributed by atoms with Crippen LogP contribution in [0.4, 0.5) is 0 Å². The second kappa shape index (κ2) is 8.27. The highest BCUT2D eigenvalue weighted by atomic mass is 32.2. The first kappa shape index (κ1) is 15.1. The fourth-order valence-electron chi connectivity index (χ4n) is 1.02. The molecule has 6 heteroatoms. The number of carboxylic acid groups (broad SMARTS) is 1. The zero-order chi connectivity index (χ0) is 12.6. The molecule has 0 aliphatic rings. The molecule has 0 saturated carbocycles. The maximum absolute atomic E-state index is 11.4. The topological polar surface area (TPSA) is 83.5 Å². The molecule has 0 rings (SSSR count). The highest BCUT2D eigenvalue weighted by molar-refractivity contribution is 7.85. The van der Waals surface area contributed by atoms with Crippen LogP contribution in [-0.2, 0) is 20.4 Å². The van der Waals surface area contributed by atoms with E-state index in [-0.39, 0.29) is 29.9 Å². The van der Waals surface area contributed by atoms with Gasteiger partial charge in [-0.25, -0.2) is 0 Å². The Kier molecular flexibility index (Phi) is 7.80. The third-order valence-corrected chi connectivity index (χ3v) is 3.40. The van der Waals surface area contributed by atoms with Crippen LogP contribution < -0.4 is 5.32 Å². The van der Waals surface area contributed by atoms with Crippen molar-refractivity contribution in [2.45, 2.75) is 39.2 Å². The molecule has 1 amide bonds. The Hall–Kier alpha value is -0.910. The predicted octanol–water partition coefficient (Wildman–Crippen LogP) is 0.515. The molecule has 5 nitrogen and oxygen atoms in total. The van der Waals surface area contributed by atoms with Crippen molar-refractivity contribution < 1.29 is 18.9 Å². The predicted molar refractivity (Wildman–Crippen MR) is 62.6 cm³/mol. The Labute approximate surface area is 98.1 Å². The highest BCUT2D eigenvalue weighted by Crippen LogP contribution is 1.94. The minimum Gasteiger partial charge on any atom is -0.481 e. The summed E-state index contributed by atoms with van der Waals surface area (Å²) in [6.07, 6.45) is 1.18. The van der Waals surface area contributed by atoms with E-state index in [0.29, 0.717) is 6.42 Å². The van der Waals surface area contributed by atoms with Gasteiger partial charge in [-0.1, -0.05) is 6.92 Å². The van der Waals surface area contributed by atoms with E-state index in [1.165, 1.54) is 0 Å². The minimum atomic E-state index is -1.26. The van der Waals surface area contributed by atoms with Gasteiger partial charge in [0.05, 0.1) is 0 Å². The van der Waals surface area contributed by atoms with Gasteiger partial charge in [-0.05, 0) is 19.8 Å².